The number of unbranched alkanes of at least 4 members (excludes halogenated alkanes) is 1. The van der Waals surface area contributed by atoms with Crippen molar-refractivity contribution in [3.8, 4) is 0 Å². The zero-order valence-electron chi connectivity index (χ0n) is 16.0. The highest BCUT2D eigenvalue weighted by Crippen LogP contribution is 2.10. The molecule has 2 N–H and O–H groups in total. The van der Waals surface area contributed by atoms with Gasteiger partial charge in [-0.3, -0.25) is 4.99 Å². The van der Waals surface area contributed by atoms with Gasteiger partial charge in [-0.2, -0.15) is 0 Å². The molecule has 9 heteroatoms. The van der Waals surface area contributed by atoms with Crippen LogP contribution in [-0.4, -0.2) is 60.2 Å². The summed E-state index contributed by atoms with van der Waals surface area (Å²) in [5, 5.41) is 3.29. The van der Waals surface area contributed by atoms with E-state index in [1.54, 1.807) is 31.3 Å². The molecule has 0 amide bonds. The highest BCUT2D eigenvalue weighted by atomic mass is 127. The molecule has 0 saturated carbocycles. The van der Waals surface area contributed by atoms with Crippen LogP contribution >= 0.6 is 24.0 Å². The van der Waals surface area contributed by atoms with Crippen LogP contribution < -0.4 is 10.0 Å². The number of benzene rings is 1. The summed E-state index contributed by atoms with van der Waals surface area (Å²) in [4.78, 5) is 6.60. The van der Waals surface area contributed by atoms with E-state index in [-0.39, 0.29) is 35.4 Å². The molecule has 1 aromatic carbocycles. The number of rotatable bonds is 10. The Balaban J connectivity index is 0.00000625. The molecule has 0 fully saturated rings. The molecular weight excluding hydrogens is 467 g/mol. The van der Waals surface area contributed by atoms with Gasteiger partial charge in [0.2, 0.25) is 10.0 Å². The van der Waals surface area contributed by atoms with E-state index in [0.29, 0.717) is 13.2 Å². The smallest absolute Gasteiger partial charge is 0.240 e. The van der Waals surface area contributed by atoms with E-state index in [9.17, 15) is 8.42 Å². The average molecular weight is 498 g/mol. The number of sulfonamides is 1. The van der Waals surface area contributed by atoms with Gasteiger partial charge in [0, 0.05) is 40.8 Å². The summed E-state index contributed by atoms with van der Waals surface area (Å²) in [5.74, 6) is 0.825. The fourth-order valence-corrected chi connectivity index (χ4v) is 3.23. The summed E-state index contributed by atoms with van der Waals surface area (Å²) in [6, 6.07) is 6.82. The molecule has 0 atom stereocenters. The van der Waals surface area contributed by atoms with Gasteiger partial charge in [-0.15, -0.1) is 24.0 Å². The zero-order chi connectivity index (χ0) is 18.7. The molecule has 0 spiro atoms. The second kappa shape index (κ2) is 13.3. The standard InChI is InChI=1S/C17H30N4O3S.HI/c1-5-6-12-21(3)17(18-2)19-14-15-7-9-16(10-8-15)25(22,23)20-11-13-24-4;/h7-10,20H,5-6,11-14H2,1-4H3,(H,18,19);1H. The molecule has 0 aliphatic rings. The van der Waals surface area contributed by atoms with Crippen molar-refractivity contribution in [2.24, 2.45) is 4.99 Å². The average Bonchev–Trinajstić information content (AvgIpc) is 2.61. The second-order valence-electron chi connectivity index (χ2n) is 5.71. The van der Waals surface area contributed by atoms with Crippen molar-refractivity contribution in [3.05, 3.63) is 29.8 Å². The first-order chi connectivity index (χ1) is 11.9. The summed E-state index contributed by atoms with van der Waals surface area (Å²) >= 11 is 0. The van der Waals surface area contributed by atoms with Crippen LogP contribution in [0.5, 0.6) is 0 Å². The summed E-state index contributed by atoms with van der Waals surface area (Å²) in [6.45, 7) is 4.28. The number of nitrogens with one attached hydrogen (secondary N) is 2. The van der Waals surface area contributed by atoms with E-state index >= 15 is 0 Å². The van der Waals surface area contributed by atoms with Gasteiger partial charge in [0.25, 0.3) is 0 Å². The van der Waals surface area contributed by atoms with Crippen LogP contribution in [0.3, 0.4) is 0 Å². The first-order valence-electron chi connectivity index (χ1n) is 8.44. The predicted octanol–water partition coefficient (Wildman–Crippen LogP) is 2.04. The van der Waals surface area contributed by atoms with Crippen LogP contribution in [0, 0.1) is 0 Å². The number of hydrogen-bond acceptors (Lipinski definition) is 4. The maximum Gasteiger partial charge on any atom is 0.240 e. The summed E-state index contributed by atoms with van der Waals surface area (Å²) in [7, 11) is 1.80. The largest absolute Gasteiger partial charge is 0.383 e. The molecule has 150 valence electrons. The first kappa shape index (κ1) is 25.1. The Bertz CT molecular complexity index is 636. The molecule has 1 rings (SSSR count). The Morgan fingerprint density at radius 1 is 1.27 bits per heavy atom. The summed E-state index contributed by atoms with van der Waals surface area (Å²) < 4.78 is 31.6. The second-order valence-corrected chi connectivity index (χ2v) is 7.48. The van der Waals surface area contributed by atoms with E-state index < -0.39 is 10.0 Å². The molecule has 0 bridgehead atoms. The number of nitrogens with zero attached hydrogens (tertiary/aromatic N) is 2. The summed E-state index contributed by atoms with van der Waals surface area (Å²) in [6.07, 6.45) is 2.25. The van der Waals surface area contributed by atoms with Crippen LogP contribution in [0.1, 0.15) is 25.3 Å². The highest BCUT2D eigenvalue weighted by molar-refractivity contribution is 14.0. The molecule has 26 heavy (non-hydrogen) atoms. The van der Waals surface area contributed by atoms with E-state index in [1.807, 2.05) is 7.05 Å². The number of halogens is 1. The molecule has 0 aromatic heterocycles. The highest BCUT2D eigenvalue weighted by Gasteiger charge is 2.13. The normalized spacial score (nSPS) is 11.8. The van der Waals surface area contributed by atoms with Gasteiger partial charge in [-0.1, -0.05) is 25.5 Å². The lowest BCUT2D eigenvalue weighted by Crippen LogP contribution is -2.38. The molecule has 0 radical (unpaired) electrons. The number of aliphatic imine (C=N–C) groups is 1. The number of ether oxygens (including phenoxy) is 1. The number of guanidine groups is 1. The van der Waals surface area contributed by atoms with Gasteiger partial charge in [-0.05, 0) is 24.1 Å². The van der Waals surface area contributed by atoms with Gasteiger partial charge in [0.05, 0.1) is 11.5 Å². The molecular formula is C17H31IN4O3S. The van der Waals surface area contributed by atoms with Crippen LogP contribution in [0.4, 0.5) is 0 Å². The quantitative estimate of drug-likeness (QED) is 0.223. The lowest BCUT2D eigenvalue weighted by molar-refractivity contribution is 0.204. The van der Waals surface area contributed by atoms with E-state index in [1.165, 1.54) is 7.11 Å². The van der Waals surface area contributed by atoms with Crippen molar-refractivity contribution in [3.63, 3.8) is 0 Å². The van der Waals surface area contributed by atoms with E-state index in [4.69, 9.17) is 4.74 Å². The van der Waals surface area contributed by atoms with E-state index in [0.717, 1.165) is 30.9 Å². The number of hydrogen-bond donors (Lipinski definition) is 2. The fourth-order valence-electron chi connectivity index (χ4n) is 2.21. The SMILES string of the molecule is CCCCN(C)C(=NC)NCc1ccc(S(=O)(=O)NCCOC)cc1.I. The monoisotopic (exact) mass is 498 g/mol. The molecule has 7 nitrogen and oxygen atoms in total. The minimum Gasteiger partial charge on any atom is -0.383 e. The molecule has 1 aromatic rings. The van der Waals surface area contributed by atoms with Crippen molar-refractivity contribution in [1.29, 1.82) is 0 Å². The Kier molecular flexibility index (Phi) is 12.8. The lowest BCUT2D eigenvalue weighted by atomic mass is 10.2. The molecule has 0 heterocycles. The maximum atomic E-state index is 12.1. The molecule has 0 aliphatic carbocycles. The van der Waals surface area contributed by atoms with Gasteiger partial charge in [0.1, 0.15) is 0 Å². The Hall–Kier alpha value is -0.910. The zero-order valence-corrected chi connectivity index (χ0v) is 19.1. The molecule has 0 saturated heterocycles. The van der Waals surface area contributed by atoms with Crippen LogP contribution in [-0.2, 0) is 21.3 Å². The molecule has 0 aliphatic heterocycles. The number of methoxy groups -OCH3 is 1. The van der Waals surface area contributed by atoms with E-state index in [2.05, 4.69) is 26.9 Å². The maximum absolute atomic E-state index is 12.1. The van der Waals surface area contributed by atoms with Crippen molar-refractivity contribution in [2.75, 3.05) is 40.9 Å². The summed E-state index contributed by atoms with van der Waals surface area (Å²) in [5.41, 5.74) is 0.987. The lowest BCUT2D eigenvalue weighted by Gasteiger charge is -2.21. The van der Waals surface area contributed by atoms with Crippen LogP contribution in [0.15, 0.2) is 34.2 Å². The van der Waals surface area contributed by atoms with Crippen LogP contribution in [0.25, 0.3) is 0 Å². The Morgan fingerprint density at radius 2 is 1.92 bits per heavy atom. The third-order valence-electron chi connectivity index (χ3n) is 3.70. The van der Waals surface area contributed by atoms with Gasteiger partial charge in [0.15, 0.2) is 5.96 Å². The third kappa shape index (κ3) is 8.65. The van der Waals surface area contributed by atoms with Crippen molar-refractivity contribution in [1.82, 2.24) is 14.9 Å². The molecule has 0 unspecified atom stereocenters. The fraction of sp³-hybridized carbons (Fsp3) is 0.588. The third-order valence-corrected chi connectivity index (χ3v) is 5.18. The van der Waals surface area contributed by atoms with Gasteiger partial charge in [-0.25, -0.2) is 13.1 Å². The van der Waals surface area contributed by atoms with Gasteiger partial charge >= 0.3 is 0 Å². The van der Waals surface area contributed by atoms with Crippen molar-refractivity contribution in [2.45, 2.75) is 31.2 Å². The Morgan fingerprint density at radius 3 is 2.46 bits per heavy atom. The Labute approximate surface area is 174 Å². The minimum absolute atomic E-state index is 0. The van der Waals surface area contributed by atoms with Crippen molar-refractivity contribution < 1.29 is 13.2 Å². The topological polar surface area (TPSA) is 83.0 Å². The van der Waals surface area contributed by atoms with Crippen molar-refractivity contribution >= 4 is 40.0 Å². The van der Waals surface area contributed by atoms with Gasteiger partial charge < -0.3 is 15.0 Å². The predicted molar refractivity (Wildman–Crippen MR) is 117 cm³/mol. The van der Waals surface area contributed by atoms with Crippen LogP contribution in [0.2, 0.25) is 0 Å². The minimum atomic E-state index is -3.49. The first-order valence-corrected chi connectivity index (χ1v) is 9.92.